The summed E-state index contributed by atoms with van der Waals surface area (Å²) in [6.07, 6.45) is 0. The van der Waals surface area contributed by atoms with Crippen molar-refractivity contribution >= 4 is 27.3 Å². The van der Waals surface area contributed by atoms with Gasteiger partial charge in [0.1, 0.15) is 0 Å². The maximum atomic E-state index is 13.4. The lowest BCUT2D eigenvalue weighted by Crippen LogP contribution is -2.43. The first-order valence-electron chi connectivity index (χ1n) is 9.67. The third-order valence-electron chi connectivity index (χ3n) is 5.17. The predicted molar refractivity (Wildman–Crippen MR) is 112 cm³/mol. The van der Waals surface area contributed by atoms with Gasteiger partial charge in [-0.05, 0) is 30.5 Å². The zero-order valence-corrected chi connectivity index (χ0v) is 17.2. The van der Waals surface area contributed by atoms with Crippen molar-refractivity contribution in [2.45, 2.75) is 13.5 Å². The Kier molecular flexibility index (Phi) is 5.75. The Labute approximate surface area is 169 Å². The number of fused-ring (bicyclic) bond motifs is 1. The molecular weight excluding hydrogens is 372 g/mol. The number of carbonyl (C=O) groups excluding carboxylic acids is 1. The van der Waals surface area contributed by atoms with Gasteiger partial charge >= 0.3 is 0 Å². The van der Waals surface area contributed by atoms with E-state index in [1.807, 2.05) is 41.8 Å². The van der Waals surface area contributed by atoms with E-state index in [1.54, 1.807) is 11.3 Å². The Bertz CT molecular complexity index is 925. The topological polar surface area (TPSA) is 50.6 Å². The number of thiophene rings is 1. The number of aryl methyl sites for hydroxylation is 2. The molecule has 1 saturated heterocycles. The van der Waals surface area contributed by atoms with Crippen LogP contribution in [0.15, 0.2) is 36.4 Å². The summed E-state index contributed by atoms with van der Waals surface area (Å²) in [6.45, 7) is 7.49. The van der Waals surface area contributed by atoms with Crippen LogP contribution >= 0.6 is 11.3 Å². The molecule has 2 aromatic heterocycles. The molecule has 0 radical (unpaired) electrons. The highest BCUT2D eigenvalue weighted by molar-refractivity contribution is 7.20. The number of rotatable bonds is 6. The highest BCUT2D eigenvalue weighted by Gasteiger charge is 2.21. The summed E-state index contributed by atoms with van der Waals surface area (Å²) in [5, 5.41) is 5.56. The summed E-state index contributed by atoms with van der Waals surface area (Å²) in [6, 6.07) is 12.2. The molecule has 3 heterocycles. The van der Waals surface area contributed by atoms with Gasteiger partial charge in [-0.3, -0.25) is 14.4 Å². The first kappa shape index (κ1) is 19.1. The molecule has 1 amide bonds. The molecule has 0 aliphatic carbocycles. The zero-order chi connectivity index (χ0) is 19.5. The second-order valence-electron chi connectivity index (χ2n) is 7.23. The Hall–Kier alpha value is -2.22. The third kappa shape index (κ3) is 4.27. The lowest BCUT2D eigenvalue weighted by atomic mass is 10.2. The second kappa shape index (κ2) is 8.43. The Morgan fingerprint density at radius 3 is 2.75 bits per heavy atom. The third-order valence-corrected chi connectivity index (χ3v) is 6.27. The van der Waals surface area contributed by atoms with Crippen LogP contribution in [0.25, 0.3) is 10.1 Å². The van der Waals surface area contributed by atoms with Crippen molar-refractivity contribution < 1.29 is 9.53 Å². The molecule has 1 aliphatic heterocycles. The van der Waals surface area contributed by atoms with E-state index in [4.69, 9.17) is 4.74 Å². The van der Waals surface area contributed by atoms with Crippen molar-refractivity contribution in [2.75, 3.05) is 39.4 Å². The number of nitrogens with zero attached hydrogens (tertiary/aromatic N) is 4. The van der Waals surface area contributed by atoms with E-state index in [0.29, 0.717) is 13.1 Å². The van der Waals surface area contributed by atoms with Crippen LogP contribution in [0.5, 0.6) is 0 Å². The summed E-state index contributed by atoms with van der Waals surface area (Å²) in [7, 11) is 1.94. The smallest absolute Gasteiger partial charge is 0.264 e. The summed E-state index contributed by atoms with van der Waals surface area (Å²) in [5.41, 5.74) is 2.02. The van der Waals surface area contributed by atoms with Gasteiger partial charge in [-0.2, -0.15) is 5.10 Å². The maximum absolute atomic E-state index is 13.4. The molecule has 0 saturated carbocycles. The Morgan fingerprint density at radius 2 is 2.04 bits per heavy atom. The molecule has 1 aliphatic rings. The molecule has 6 nitrogen and oxygen atoms in total. The minimum absolute atomic E-state index is 0.0910. The van der Waals surface area contributed by atoms with Crippen molar-refractivity contribution in [3.63, 3.8) is 0 Å². The summed E-state index contributed by atoms with van der Waals surface area (Å²) in [4.78, 5) is 18.5. The van der Waals surface area contributed by atoms with E-state index in [1.165, 1.54) is 0 Å². The van der Waals surface area contributed by atoms with Crippen LogP contribution in [0, 0.1) is 6.92 Å². The van der Waals surface area contributed by atoms with Gasteiger partial charge in [-0.15, -0.1) is 11.3 Å². The van der Waals surface area contributed by atoms with E-state index >= 15 is 0 Å². The fourth-order valence-corrected chi connectivity index (χ4v) is 4.62. The van der Waals surface area contributed by atoms with Gasteiger partial charge in [-0.1, -0.05) is 18.2 Å². The van der Waals surface area contributed by atoms with Crippen molar-refractivity contribution in [2.24, 2.45) is 7.05 Å². The standard InChI is InChI=1S/C21H26N4O2S/c1-16-13-18(23(2)22-16)15-25(8-7-24-9-11-27-12-10-24)21(26)20-14-17-5-3-4-6-19(17)28-20/h3-6,13-14H,7-12,15H2,1-2H3. The van der Waals surface area contributed by atoms with Gasteiger partial charge in [0, 0.05) is 37.9 Å². The van der Waals surface area contributed by atoms with Gasteiger partial charge < -0.3 is 9.64 Å². The molecule has 3 aromatic rings. The van der Waals surface area contributed by atoms with Crippen molar-refractivity contribution in [1.82, 2.24) is 19.6 Å². The number of benzene rings is 1. The normalized spacial score (nSPS) is 15.2. The minimum Gasteiger partial charge on any atom is -0.379 e. The van der Waals surface area contributed by atoms with Gasteiger partial charge in [0.05, 0.1) is 36.0 Å². The molecule has 1 aromatic carbocycles. The fourth-order valence-electron chi connectivity index (χ4n) is 3.59. The summed E-state index contributed by atoms with van der Waals surface area (Å²) < 4.78 is 8.46. The van der Waals surface area contributed by atoms with Crippen LogP contribution in [0.1, 0.15) is 21.1 Å². The summed E-state index contributed by atoms with van der Waals surface area (Å²) >= 11 is 1.57. The van der Waals surface area contributed by atoms with Crippen LogP contribution in [0.4, 0.5) is 0 Å². The number of hydrogen-bond donors (Lipinski definition) is 0. The van der Waals surface area contributed by atoms with Crippen LogP contribution in [-0.4, -0.2) is 64.9 Å². The van der Waals surface area contributed by atoms with E-state index < -0.39 is 0 Å². The molecule has 0 spiro atoms. The molecule has 0 unspecified atom stereocenters. The molecule has 148 valence electrons. The predicted octanol–water partition coefficient (Wildman–Crippen LogP) is 2.92. The quantitative estimate of drug-likeness (QED) is 0.641. The van der Waals surface area contributed by atoms with Gasteiger partial charge in [-0.25, -0.2) is 0 Å². The van der Waals surface area contributed by atoms with Crippen molar-refractivity contribution in [1.29, 1.82) is 0 Å². The van der Waals surface area contributed by atoms with Crippen molar-refractivity contribution in [3.05, 3.63) is 52.7 Å². The fraction of sp³-hybridized carbons (Fsp3) is 0.429. The molecule has 0 atom stereocenters. The number of ether oxygens (including phenoxy) is 1. The maximum Gasteiger partial charge on any atom is 0.264 e. The Balaban J connectivity index is 1.55. The highest BCUT2D eigenvalue weighted by atomic mass is 32.1. The molecule has 0 bridgehead atoms. The molecule has 1 fully saturated rings. The molecule has 28 heavy (non-hydrogen) atoms. The molecular formula is C21H26N4O2S. The second-order valence-corrected chi connectivity index (χ2v) is 8.31. The zero-order valence-electron chi connectivity index (χ0n) is 16.4. The van der Waals surface area contributed by atoms with E-state index in [-0.39, 0.29) is 5.91 Å². The average Bonchev–Trinajstić information content (AvgIpc) is 3.27. The molecule has 7 heteroatoms. The molecule has 0 N–H and O–H groups in total. The highest BCUT2D eigenvalue weighted by Crippen LogP contribution is 2.26. The van der Waals surface area contributed by atoms with Crippen LogP contribution in [-0.2, 0) is 18.3 Å². The van der Waals surface area contributed by atoms with Gasteiger partial charge in [0.15, 0.2) is 0 Å². The van der Waals surface area contributed by atoms with Gasteiger partial charge in [0.2, 0.25) is 0 Å². The SMILES string of the molecule is Cc1cc(CN(CCN2CCOCC2)C(=O)c2cc3ccccc3s2)n(C)n1. The summed E-state index contributed by atoms with van der Waals surface area (Å²) in [5.74, 6) is 0.0910. The van der Waals surface area contributed by atoms with E-state index in [9.17, 15) is 4.79 Å². The van der Waals surface area contributed by atoms with Crippen LogP contribution < -0.4 is 0 Å². The number of amides is 1. The largest absolute Gasteiger partial charge is 0.379 e. The Morgan fingerprint density at radius 1 is 1.25 bits per heavy atom. The van der Waals surface area contributed by atoms with Crippen LogP contribution in [0.2, 0.25) is 0 Å². The first-order chi connectivity index (χ1) is 13.6. The number of hydrogen-bond acceptors (Lipinski definition) is 5. The number of morpholine rings is 1. The number of carbonyl (C=O) groups is 1. The van der Waals surface area contributed by atoms with Crippen molar-refractivity contribution in [3.8, 4) is 0 Å². The van der Waals surface area contributed by atoms with E-state index in [2.05, 4.69) is 28.2 Å². The molecule has 4 rings (SSSR count). The van der Waals surface area contributed by atoms with Gasteiger partial charge in [0.25, 0.3) is 5.91 Å². The van der Waals surface area contributed by atoms with E-state index in [0.717, 1.165) is 59.2 Å². The minimum atomic E-state index is 0.0910. The first-order valence-corrected chi connectivity index (χ1v) is 10.5. The lowest BCUT2D eigenvalue weighted by molar-refractivity contribution is 0.0319. The monoisotopic (exact) mass is 398 g/mol. The van der Waals surface area contributed by atoms with Crippen LogP contribution in [0.3, 0.4) is 0 Å². The lowest BCUT2D eigenvalue weighted by Gasteiger charge is -2.30. The number of aromatic nitrogens is 2. The average molecular weight is 399 g/mol.